The molecule has 0 saturated carbocycles. The van der Waals surface area contributed by atoms with Crippen LogP contribution in [0.15, 0.2) is 42.5 Å². The van der Waals surface area contributed by atoms with E-state index in [0.717, 1.165) is 25.7 Å². The summed E-state index contributed by atoms with van der Waals surface area (Å²) in [6.45, 7) is 6.63. The topological polar surface area (TPSA) is 69.7 Å². The number of hydrogen-bond acceptors (Lipinski definition) is 3. The lowest BCUT2D eigenvalue weighted by molar-refractivity contribution is -0.141. The average molecular weight is 464 g/mol. The van der Waals surface area contributed by atoms with E-state index < -0.39 is 5.54 Å². The van der Waals surface area contributed by atoms with Crippen LogP contribution in [0.25, 0.3) is 10.8 Å². The summed E-state index contributed by atoms with van der Waals surface area (Å²) in [6, 6.07) is 14.6. The van der Waals surface area contributed by atoms with Gasteiger partial charge in [-0.15, -0.1) is 0 Å². The van der Waals surface area contributed by atoms with Crippen molar-refractivity contribution in [2.45, 2.75) is 64.3 Å². The Balaban J connectivity index is 1.44. The summed E-state index contributed by atoms with van der Waals surface area (Å²) in [5, 5.41) is 5.61. The zero-order chi connectivity index (χ0) is 24.1. The Kier molecular flexibility index (Phi) is 7.54. The quantitative estimate of drug-likeness (QED) is 0.645. The summed E-state index contributed by atoms with van der Waals surface area (Å²) in [6.07, 6.45) is 4.68. The Bertz CT molecular complexity index is 1040. The number of nitrogens with one attached hydrogen (secondary N) is 1. The lowest BCUT2D eigenvalue weighted by Gasteiger charge is -2.36. The largest absolute Gasteiger partial charge is 0.350 e. The van der Waals surface area contributed by atoms with E-state index >= 15 is 0 Å². The molecule has 0 radical (unpaired) electrons. The third kappa shape index (κ3) is 5.26. The van der Waals surface area contributed by atoms with Gasteiger partial charge in [0.25, 0.3) is 0 Å². The van der Waals surface area contributed by atoms with Crippen molar-refractivity contribution in [3.05, 3.63) is 48.0 Å². The molecule has 2 aliphatic heterocycles. The van der Waals surface area contributed by atoms with Crippen LogP contribution in [0.3, 0.4) is 0 Å². The molecule has 182 valence electrons. The number of fused-ring (bicyclic) bond motifs is 1. The highest BCUT2D eigenvalue weighted by molar-refractivity contribution is 5.86. The first kappa shape index (κ1) is 24.2. The Labute approximate surface area is 202 Å². The molecule has 2 aliphatic rings. The monoisotopic (exact) mass is 463 g/mol. The number of likely N-dealkylation sites (tertiary alicyclic amines) is 1. The van der Waals surface area contributed by atoms with Crippen LogP contribution < -0.4 is 5.32 Å². The van der Waals surface area contributed by atoms with Crippen molar-refractivity contribution in [2.24, 2.45) is 5.92 Å². The summed E-state index contributed by atoms with van der Waals surface area (Å²) in [4.78, 5) is 42.0. The molecule has 2 heterocycles. The molecule has 3 amide bonds. The van der Waals surface area contributed by atoms with Gasteiger partial charge in [0, 0.05) is 44.6 Å². The van der Waals surface area contributed by atoms with Crippen LogP contribution in [0, 0.1) is 5.92 Å². The Hall–Kier alpha value is -2.89. The summed E-state index contributed by atoms with van der Waals surface area (Å²) in [5.74, 6) is 0.220. The first-order valence-corrected chi connectivity index (χ1v) is 12.8. The van der Waals surface area contributed by atoms with Gasteiger partial charge in [-0.2, -0.15) is 0 Å². The number of benzene rings is 2. The van der Waals surface area contributed by atoms with Crippen LogP contribution in [-0.4, -0.2) is 59.2 Å². The Morgan fingerprint density at radius 2 is 1.88 bits per heavy atom. The van der Waals surface area contributed by atoms with Gasteiger partial charge in [0.15, 0.2) is 0 Å². The third-order valence-corrected chi connectivity index (χ3v) is 7.66. The smallest absolute Gasteiger partial charge is 0.227 e. The van der Waals surface area contributed by atoms with E-state index in [1.54, 1.807) is 0 Å². The maximum absolute atomic E-state index is 13.2. The highest BCUT2D eigenvalue weighted by atomic mass is 16.2. The van der Waals surface area contributed by atoms with Gasteiger partial charge in [0.1, 0.15) is 0 Å². The zero-order valence-corrected chi connectivity index (χ0v) is 20.5. The van der Waals surface area contributed by atoms with Crippen LogP contribution in [0.5, 0.6) is 0 Å². The van der Waals surface area contributed by atoms with Crippen molar-refractivity contribution >= 4 is 28.5 Å². The molecule has 0 bridgehead atoms. The summed E-state index contributed by atoms with van der Waals surface area (Å²) in [5.41, 5.74) is 0.805. The number of carbonyl (C=O) groups is 3. The van der Waals surface area contributed by atoms with Crippen LogP contribution in [0.4, 0.5) is 0 Å². The minimum atomic E-state index is -0.400. The Morgan fingerprint density at radius 1 is 1.12 bits per heavy atom. The second-order valence-electron chi connectivity index (χ2n) is 9.83. The molecule has 0 unspecified atom stereocenters. The van der Waals surface area contributed by atoms with E-state index in [0.29, 0.717) is 45.4 Å². The zero-order valence-electron chi connectivity index (χ0n) is 20.5. The number of amides is 3. The van der Waals surface area contributed by atoms with Crippen molar-refractivity contribution in [1.29, 1.82) is 0 Å². The molecule has 4 rings (SSSR count). The highest BCUT2D eigenvalue weighted by Crippen LogP contribution is 2.32. The van der Waals surface area contributed by atoms with Crippen molar-refractivity contribution in [3.63, 3.8) is 0 Å². The first-order chi connectivity index (χ1) is 16.4. The molecule has 6 nitrogen and oxygen atoms in total. The fraction of sp³-hybridized carbons (Fsp3) is 0.536. The molecule has 0 aliphatic carbocycles. The predicted molar refractivity (Wildman–Crippen MR) is 134 cm³/mol. The van der Waals surface area contributed by atoms with Crippen LogP contribution in [0.2, 0.25) is 0 Å². The molecule has 0 aromatic heterocycles. The van der Waals surface area contributed by atoms with Gasteiger partial charge in [-0.3, -0.25) is 14.4 Å². The van der Waals surface area contributed by atoms with Crippen LogP contribution in [-0.2, 0) is 20.8 Å². The third-order valence-electron chi connectivity index (χ3n) is 7.66. The average Bonchev–Trinajstić information content (AvgIpc) is 3.24. The van der Waals surface area contributed by atoms with Crippen molar-refractivity contribution in [3.8, 4) is 0 Å². The SMILES string of the molecule is CCN(CC)C(=O)[C@@H]1CCCN(C(=O)CC[C@]2(Cc3cccc4ccccc34)CCC(=O)N2)C1. The van der Waals surface area contributed by atoms with E-state index in [2.05, 4.69) is 35.6 Å². The molecule has 2 fully saturated rings. The second-order valence-corrected chi connectivity index (χ2v) is 9.83. The fourth-order valence-electron chi connectivity index (χ4n) is 5.70. The van der Waals surface area contributed by atoms with Crippen molar-refractivity contribution in [2.75, 3.05) is 26.2 Å². The molecular weight excluding hydrogens is 426 g/mol. The standard InChI is InChI=1S/C28H37N3O3/c1-3-30(4-2)27(34)23-12-8-18-31(20-23)26(33)15-17-28(16-14-25(32)29-28)19-22-11-7-10-21-9-5-6-13-24(21)22/h5-7,9-11,13,23H,3-4,8,12,14-20H2,1-2H3,(H,29,32)/t23-,28+/m1/s1. The van der Waals surface area contributed by atoms with Gasteiger partial charge in [-0.05, 0) is 62.3 Å². The van der Waals surface area contributed by atoms with Gasteiger partial charge < -0.3 is 15.1 Å². The maximum atomic E-state index is 13.2. The molecule has 2 atom stereocenters. The first-order valence-electron chi connectivity index (χ1n) is 12.8. The van der Waals surface area contributed by atoms with E-state index in [-0.39, 0.29) is 23.6 Å². The number of carbonyl (C=O) groups excluding carboxylic acids is 3. The molecule has 1 N–H and O–H groups in total. The molecular formula is C28H37N3O3. The van der Waals surface area contributed by atoms with E-state index in [9.17, 15) is 14.4 Å². The minimum absolute atomic E-state index is 0.0653. The molecule has 6 heteroatoms. The van der Waals surface area contributed by atoms with Gasteiger partial charge in [-0.25, -0.2) is 0 Å². The van der Waals surface area contributed by atoms with E-state index in [1.165, 1.54) is 16.3 Å². The molecule has 2 aromatic carbocycles. The Morgan fingerprint density at radius 3 is 2.62 bits per heavy atom. The van der Waals surface area contributed by atoms with Crippen molar-refractivity contribution in [1.82, 2.24) is 15.1 Å². The normalized spacial score (nSPS) is 22.6. The number of piperidine rings is 1. The molecule has 2 aromatic rings. The number of rotatable bonds is 8. The highest BCUT2D eigenvalue weighted by Gasteiger charge is 2.39. The lowest BCUT2D eigenvalue weighted by Crippen LogP contribution is -2.48. The number of hydrogen-bond donors (Lipinski definition) is 1. The number of nitrogens with zero attached hydrogens (tertiary/aromatic N) is 2. The predicted octanol–water partition coefficient (Wildman–Crippen LogP) is 3.92. The maximum Gasteiger partial charge on any atom is 0.227 e. The van der Waals surface area contributed by atoms with Gasteiger partial charge in [-0.1, -0.05) is 42.5 Å². The summed E-state index contributed by atoms with van der Waals surface area (Å²) in [7, 11) is 0. The van der Waals surface area contributed by atoms with Gasteiger partial charge in [0.05, 0.1) is 5.92 Å². The lowest BCUT2D eigenvalue weighted by atomic mass is 9.83. The summed E-state index contributed by atoms with van der Waals surface area (Å²) >= 11 is 0. The van der Waals surface area contributed by atoms with E-state index in [1.807, 2.05) is 35.8 Å². The molecule has 2 saturated heterocycles. The van der Waals surface area contributed by atoms with Gasteiger partial charge >= 0.3 is 0 Å². The second kappa shape index (κ2) is 10.6. The molecule has 0 spiro atoms. The minimum Gasteiger partial charge on any atom is -0.350 e. The van der Waals surface area contributed by atoms with Crippen molar-refractivity contribution < 1.29 is 14.4 Å². The van der Waals surface area contributed by atoms with E-state index in [4.69, 9.17) is 0 Å². The molecule has 34 heavy (non-hydrogen) atoms. The summed E-state index contributed by atoms with van der Waals surface area (Å²) < 4.78 is 0. The fourth-order valence-corrected chi connectivity index (χ4v) is 5.70. The van der Waals surface area contributed by atoms with Crippen LogP contribution in [0.1, 0.15) is 57.9 Å². The van der Waals surface area contributed by atoms with Crippen LogP contribution >= 0.6 is 0 Å². The van der Waals surface area contributed by atoms with Gasteiger partial charge in [0.2, 0.25) is 17.7 Å².